The Hall–Kier alpha value is -3.07. The van der Waals surface area contributed by atoms with Crippen LogP contribution in [0, 0.1) is 12.8 Å². The lowest BCUT2D eigenvalue weighted by Gasteiger charge is -2.20. The van der Waals surface area contributed by atoms with E-state index in [2.05, 4.69) is 9.97 Å². The van der Waals surface area contributed by atoms with Gasteiger partial charge in [-0.2, -0.15) is 0 Å². The van der Waals surface area contributed by atoms with E-state index in [0.717, 1.165) is 23.8 Å². The van der Waals surface area contributed by atoms with Gasteiger partial charge in [0.15, 0.2) is 5.13 Å². The first kappa shape index (κ1) is 22.7. The summed E-state index contributed by atoms with van der Waals surface area (Å²) in [7, 11) is 0. The molecule has 3 heterocycles. The number of aromatic nitrogens is 3. The summed E-state index contributed by atoms with van der Waals surface area (Å²) >= 11 is 7.34. The predicted octanol–water partition coefficient (Wildman–Crippen LogP) is 4.62. The molecule has 1 saturated carbocycles. The highest BCUT2D eigenvalue weighted by molar-refractivity contribution is 7.13. The van der Waals surface area contributed by atoms with Gasteiger partial charge in [0, 0.05) is 35.4 Å². The Kier molecular flexibility index (Phi) is 6.20. The second-order valence-corrected chi connectivity index (χ2v) is 9.78. The van der Waals surface area contributed by atoms with E-state index < -0.39 is 0 Å². The molecule has 0 radical (unpaired) electrons. The zero-order chi connectivity index (χ0) is 23.8. The van der Waals surface area contributed by atoms with Crippen molar-refractivity contribution in [2.24, 2.45) is 5.92 Å². The molecule has 0 atom stereocenters. The monoisotopic (exact) mass is 494 g/mol. The van der Waals surface area contributed by atoms with E-state index in [1.54, 1.807) is 33.9 Å². The molecule has 5 rings (SSSR count). The summed E-state index contributed by atoms with van der Waals surface area (Å²) < 4.78 is 1.61. The van der Waals surface area contributed by atoms with Crippen LogP contribution in [0.15, 0.2) is 48.1 Å². The molecule has 0 bridgehead atoms. The Bertz CT molecular complexity index is 1360. The number of benzene rings is 1. The molecule has 0 saturated heterocycles. The summed E-state index contributed by atoms with van der Waals surface area (Å²) in [4.78, 5) is 37.2. The first-order valence-electron chi connectivity index (χ1n) is 11.1. The predicted molar refractivity (Wildman–Crippen MR) is 132 cm³/mol. The number of carbonyl (C=O) groups is 2. The van der Waals surface area contributed by atoms with Gasteiger partial charge < -0.3 is 5.11 Å². The maximum atomic E-state index is 13.5. The number of halogens is 1. The first-order valence-corrected chi connectivity index (χ1v) is 12.3. The van der Waals surface area contributed by atoms with Crippen LogP contribution in [-0.2, 0) is 17.8 Å². The molecule has 0 spiro atoms. The van der Waals surface area contributed by atoms with Crippen LogP contribution in [-0.4, -0.2) is 38.0 Å². The molecule has 1 fully saturated rings. The van der Waals surface area contributed by atoms with Crippen LogP contribution in [0.4, 0.5) is 5.13 Å². The van der Waals surface area contributed by atoms with Gasteiger partial charge in [0.05, 0.1) is 24.1 Å². The number of anilines is 1. The Balaban J connectivity index is 1.57. The van der Waals surface area contributed by atoms with Crippen molar-refractivity contribution in [3.05, 3.63) is 75.6 Å². The number of fused-ring (bicyclic) bond motifs is 1. The van der Waals surface area contributed by atoms with Crippen molar-refractivity contribution in [1.82, 2.24) is 14.5 Å². The second kappa shape index (κ2) is 9.29. The quantitative estimate of drug-likeness (QED) is 0.379. The van der Waals surface area contributed by atoms with Crippen LogP contribution >= 0.6 is 22.9 Å². The number of rotatable bonds is 7. The highest BCUT2D eigenvalue weighted by Crippen LogP contribution is 2.34. The van der Waals surface area contributed by atoms with Crippen molar-refractivity contribution < 1.29 is 14.7 Å². The number of hydrogen-bond donors (Lipinski definition) is 1. The zero-order valence-electron chi connectivity index (χ0n) is 18.6. The van der Waals surface area contributed by atoms with Gasteiger partial charge in [0.2, 0.25) is 5.91 Å². The first-order chi connectivity index (χ1) is 16.5. The Labute approximate surface area is 205 Å². The molecule has 9 heteroatoms. The van der Waals surface area contributed by atoms with Crippen molar-refractivity contribution in [3.63, 3.8) is 0 Å². The lowest BCUT2D eigenvalue weighted by molar-refractivity contribution is -0.118. The summed E-state index contributed by atoms with van der Waals surface area (Å²) in [5.74, 6) is 0.200. The van der Waals surface area contributed by atoms with E-state index in [1.807, 2.05) is 24.4 Å². The van der Waals surface area contributed by atoms with Crippen LogP contribution in [0.2, 0.25) is 5.15 Å². The van der Waals surface area contributed by atoms with Gasteiger partial charge >= 0.3 is 0 Å². The molecular weight excluding hydrogens is 472 g/mol. The lowest BCUT2D eigenvalue weighted by atomic mass is 10.0. The molecule has 1 aliphatic carbocycles. The molecule has 4 aromatic rings. The van der Waals surface area contributed by atoms with Gasteiger partial charge in [0.25, 0.3) is 5.91 Å². The number of amides is 1. The summed E-state index contributed by atoms with van der Waals surface area (Å²) in [6.45, 7) is 2.37. The van der Waals surface area contributed by atoms with Crippen LogP contribution in [0.3, 0.4) is 0 Å². The molecule has 1 N–H and O–H groups in total. The Morgan fingerprint density at radius 3 is 2.71 bits per heavy atom. The van der Waals surface area contributed by atoms with E-state index in [9.17, 15) is 14.7 Å². The fourth-order valence-corrected chi connectivity index (χ4v) is 4.97. The molecule has 3 aromatic heterocycles. The van der Waals surface area contributed by atoms with Gasteiger partial charge in [-0.1, -0.05) is 17.7 Å². The molecule has 1 aromatic carbocycles. The van der Waals surface area contributed by atoms with Gasteiger partial charge in [-0.05, 0) is 61.1 Å². The van der Waals surface area contributed by atoms with Crippen LogP contribution in [0.5, 0.6) is 0 Å². The Morgan fingerprint density at radius 1 is 1.24 bits per heavy atom. The minimum atomic E-state index is -0.253. The van der Waals surface area contributed by atoms with Crippen LogP contribution < -0.4 is 4.90 Å². The fraction of sp³-hybridized carbons (Fsp3) is 0.280. The maximum absolute atomic E-state index is 13.5. The lowest BCUT2D eigenvalue weighted by Crippen LogP contribution is -2.34. The SMILES string of the molecule is Cc1c(CC(=O)N(CC2CC2)c2nccs2)c2cc(CO)ccc2n1C(=O)c1ccc(Cl)nc1. The van der Waals surface area contributed by atoms with Crippen molar-refractivity contribution in [1.29, 1.82) is 0 Å². The number of carbonyl (C=O) groups excluding carboxylic acids is 2. The molecule has 1 amide bonds. The van der Waals surface area contributed by atoms with Crippen LogP contribution in [0.25, 0.3) is 10.9 Å². The Morgan fingerprint density at radius 2 is 2.06 bits per heavy atom. The van der Waals surface area contributed by atoms with E-state index in [1.165, 1.54) is 17.5 Å². The van der Waals surface area contributed by atoms with Gasteiger partial charge in [-0.15, -0.1) is 11.3 Å². The number of thiazole rings is 1. The summed E-state index contributed by atoms with van der Waals surface area (Å²) in [5.41, 5.74) is 3.24. The minimum Gasteiger partial charge on any atom is -0.392 e. The van der Waals surface area contributed by atoms with Crippen molar-refractivity contribution in [3.8, 4) is 0 Å². The summed E-state index contributed by atoms with van der Waals surface area (Å²) in [6, 6.07) is 8.66. The van der Waals surface area contributed by atoms with Gasteiger partial charge in [-0.3, -0.25) is 19.1 Å². The number of nitrogens with zero attached hydrogens (tertiary/aromatic N) is 4. The molecular formula is C25H23ClN4O3S. The van der Waals surface area contributed by atoms with E-state index >= 15 is 0 Å². The third-order valence-corrected chi connectivity index (χ3v) is 7.19. The maximum Gasteiger partial charge on any atom is 0.264 e. The molecule has 174 valence electrons. The topological polar surface area (TPSA) is 88.3 Å². The van der Waals surface area contributed by atoms with Gasteiger partial charge in [0.1, 0.15) is 5.15 Å². The molecule has 1 aliphatic rings. The molecule has 7 nitrogen and oxygen atoms in total. The van der Waals surface area contributed by atoms with Crippen molar-refractivity contribution in [2.75, 3.05) is 11.4 Å². The van der Waals surface area contributed by atoms with Crippen molar-refractivity contribution in [2.45, 2.75) is 32.8 Å². The summed E-state index contributed by atoms with van der Waals surface area (Å²) in [5, 5.41) is 13.3. The average molecular weight is 495 g/mol. The highest BCUT2D eigenvalue weighted by atomic mass is 35.5. The minimum absolute atomic E-state index is 0.0565. The third-order valence-electron chi connectivity index (χ3n) is 6.18. The van der Waals surface area contributed by atoms with Crippen molar-refractivity contribution >= 4 is 50.8 Å². The molecule has 34 heavy (non-hydrogen) atoms. The van der Waals surface area contributed by atoms with Gasteiger partial charge in [-0.25, -0.2) is 9.97 Å². The second-order valence-electron chi connectivity index (χ2n) is 8.52. The normalized spacial score (nSPS) is 13.4. The fourth-order valence-electron chi connectivity index (χ4n) is 4.19. The van der Waals surface area contributed by atoms with E-state index in [0.29, 0.717) is 45.1 Å². The number of aliphatic hydroxyl groups excluding tert-OH is 1. The number of hydrogen-bond acceptors (Lipinski definition) is 6. The molecule has 0 aliphatic heterocycles. The number of pyridine rings is 1. The van der Waals surface area contributed by atoms with Crippen LogP contribution in [0.1, 0.15) is 40.0 Å². The van der Waals surface area contributed by atoms with E-state index in [4.69, 9.17) is 11.6 Å². The smallest absolute Gasteiger partial charge is 0.264 e. The van der Waals surface area contributed by atoms with E-state index in [-0.39, 0.29) is 24.8 Å². The standard InChI is InChI=1S/C25H23ClN4O3S/c1-15-19(11-23(32)29(13-16-2-3-16)25-27-8-9-34-25)20-10-17(14-31)4-6-21(20)30(15)24(33)18-5-7-22(26)28-12-18/h4-10,12,16,31H,2-3,11,13-14H2,1H3. The molecule has 0 unspecified atom stereocenters. The summed E-state index contributed by atoms with van der Waals surface area (Å²) in [6.07, 6.45) is 5.52. The largest absolute Gasteiger partial charge is 0.392 e. The zero-order valence-corrected chi connectivity index (χ0v) is 20.1. The average Bonchev–Trinajstić information content (AvgIpc) is 3.42. The number of aliphatic hydroxyl groups is 1. The highest BCUT2D eigenvalue weighted by Gasteiger charge is 2.30. The third kappa shape index (κ3) is 4.36.